The van der Waals surface area contributed by atoms with Crippen LogP contribution in [0, 0.1) is 0 Å². The Hall–Kier alpha value is -2.45. The maximum atomic E-state index is 13.1. The topological polar surface area (TPSA) is 73.0 Å². The second kappa shape index (κ2) is 6.53. The SMILES string of the molecule is CC(C)n1cc(CN2C[C@@H]3[C@@H](C2)c2cc(-c4cnn(C)c4)ccc2S3(=O)=O)cn1. The van der Waals surface area contributed by atoms with Crippen molar-refractivity contribution in [2.24, 2.45) is 7.05 Å². The van der Waals surface area contributed by atoms with E-state index in [0.29, 0.717) is 17.5 Å². The summed E-state index contributed by atoms with van der Waals surface area (Å²) in [7, 11) is -1.41. The Morgan fingerprint density at radius 1 is 1.10 bits per heavy atom. The van der Waals surface area contributed by atoms with Crippen LogP contribution in [0.4, 0.5) is 0 Å². The van der Waals surface area contributed by atoms with Gasteiger partial charge in [-0.1, -0.05) is 6.07 Å². The summed E-state index contributed by atoms with van der Waals surface area (Å²) in [6.45, 7) is 6.24. The van der Waals surface area contributed by atoms with Crippen LogP contribution in [0.25, 0.3) is 11.1 Å². The minimum Gasteiger partial charge on any atom is -0.297 e. The highest BCUT2D eigenvalue weighted by Crippen LogP contribution is 2.46. The van der Waals surface area contributed by atoms with E-state index >= 15 is 0 Å². The Bertz CT molecular complexity index is 1180. The van der Waals surface area contributed by atoms with E-state index in [1.54, 1.807) is 10.7 Å². The monoisotopic (exact) mass is 411 g/mol. The highest BCUT2D eigenvalue weighted by molar-refractivity contribution is 7.92. The molecule has 7 nitrogen and oxygen atoms in total. The van der Waals surface area contributed by atoms with Crippen LogP contribution >= 0.6 is 0 Å². The molecule has 4 heterocycles. The number of hydrogen-bond acceptors (Lipinski definition) is 5. The predicted octanol–water partition coefficient (Wildman–Crippen LogP) is 2.62. The van der Waals surface area contributed by atoms with Crippen molar-refractivity contribution in [3.05, 3.63) is 54.1 Å². The molecule has 1 saturated heterocycles. The van der Waals surface area contributed by atoms with Gasteiger partial charge in [-0.2, -0.15) is 10.2 Å². The number of benzene rings is 1. The number of sulfone groups is 1. The van der Waals surface area contributed by atoms with Crippen LogP contribution in [0.2, 0.25) is 0 Å². The number of hydrogen-bond donors (Lipinski definition) is 0. The number of aryl methyl sites for hydroxylation is 1. The van der Waals surface area contributed by atoms with Crippen LogP contribution in [0.5, 0.6) is 0 Å². The zero-order chi connectivity index (χ0) is 20.3. The summed E-state index contributed by atoms with van der Waals surface area (Å²) < 4.78 is 30.0. The Morgan fingerprint density at radius 2 is 1.93 bits per heavy atom. The second-order valence-electron chi connectivity index (χ2n) is 8.46. The van der Waals surface area contributed by atoms with Gasteiger partial charge in [0.1, 0.15) is 0 Å². The standard InChI is InChI=1S/C21H25N5O2S/c1-14(2)26-10-15(7-23-26)9-25-12-19-18-6-16(17-8-22-24(3)11-17)4-5-20(18)29(27,28)21(19)13-25/h4-8,10-11,14,19,21H,9,12-13H2,1-3H3/t19-,21+/m0/s1. The molecule has 0 saturated carbocycles. The van der Waals surface area contributed by atoms with Crippen LogP contribution in [0.3, 0.4) is 0 Å². The molecule has 152 valence electrons. The van der Waals surface area contributed by atoms with E-state index in [1.807, 2.05) is 36.4 Å². The number of aromatic nitrogens is 4. The van der Waals surface area contributed by atoms with Crippen LogP contribution < -0.4 is 0 Å². The lowest BCUT2D eigenvalue weighted by Crippen LogP contribution is -2.25. The van der Waals surface area contributed by atoms with Crippen molar-refractivity contribution in [2.45, 2.75) is 42.5 Å². The van der Waals surface area contributed by atoms with Gasteiger partial charge in [-0.25, -0.2) is 8.42 Å². The molecule has 0 amide bonds. The van der Waals surface area contributed by atoms with E-state index in [9.17, 15) is 8.42 Å². The first-order chi connectivity index (χ1) is 13.8. The zero-order valence-corrected chi connectivity index (χ0v) is 17.7. The third kappa shape index (κ3) is 3.02. The van der Waals surface area contributed by atoms with Crippen molar-refractivity contribution < 1.29 is 8.42 Å². The minimum absolute atomic E-state index is 0.0202. The number of rotatable bonds is 4. The fourth-order valence-electron chi connectivity index (χ4n) is 4.60. The molecule has 1 fully saturated rings. The van der Waals surface area contributed by atoms with Crippen molar-refractivity contribution in [1.82, 2.24) is 24.5 Å². The molecule has 0 spiro atoms. The van der Waals surface area contributed by atoms with Crippen molar-refractivity contribution in [1.29, 1.82) is 0 Å². The summed E-state index contributed by atoms with van der Waals surface area (Å²) in [5.74, 6) is 0.0202. The molecule has 0 radical (unpaired) electrons. The van der Waals surface area contributed by atoms with E-state index in [0.717, 1.165) is 35.3 Å². The summed E-state index contributed by atoms with van der Waals surface area (Å²) in [6, 6.07) is 6.05. The molecule has 2 aromatic heterocycles. The van der Waals surface area contributed by atoms with Crippen LogP contribution in [0.15, 0.2) is 47.9 Å². The third-order valence-corrected chi connectivity index (χ3v) is 8.34. The normalized spacial score (nSPS) is 22.9. The molecule has 5 rings (SSSR count). The highest BCUT2D eigenvalue weighted by Gasteiger charge is 2.50. The second-order valence-corrected chi connectivity index (χ2v) is 10.6. The maximum absolute atomic E-state index is 13.1. The van der Waals surface area contributed by atoms with Gasteiger partial charge in [0, 0.05) is 62.2 Å². The van der Waals surface area contributed by atoms with Crippen LogP contribution in [-0.2, 0) is 23.4 Å². The third-order valence-electron chi connectivity index (χ3n) is 6.08. The van der Waals surface area contributed by atoms with Gasteiger partial charge in [-0.05, 0) is 37.1 Å². The Morgan fingerprint density at radius 3 is 2.62 bits per heavy atom. The highest BCUT2D eigenvalue weighted by atomic mass is 32.2. The molecule has 0 unspecified atom stereocenters. The number of fused-ring (bicyclic) bond motifs is 3. The summed E-state index contributed by atoms with van der Waals surface area (Å²) in [6.07, 6.45) is 7.71. The lowest BCUT2D eigenvalue weighted by atomic mass is 9.95. The van der Waals surface area contributed by atoms with E-state index in [1.165, 1.54) is 0 Å². The van der Waals surface area contributed by atoms with Gasteiger partial charge in [-0.15, -0.1) is 0 Å². The molecule has 0 bridgehead atoms. The zero-order valence-electron chi connectivity index (χ0n) is 16.9. The minimum atomic E-state index is -3.29. The summed E-state index contributed by atoms with van der Waals surface area (Å²) >= 11 is 0. The van der Waals surface area contributed by atoms with Gasteiger partial charge in [0.05, 0.1) is 22.5 Å². The van der Waals surface area contributed by atoms with Gasteiger partial charge < -0.3 is 0 Å². The van der Waals surface area contributed by atoms with Crippen molar-refractivity contribution in [3.8, 4) is 11.1 Å². The van der Waals surface area contributed by atoms with Crippen LogP contribution in [0.1, 0.15) is 36.9 Å². The predicted molar refractivity (Wildman–Crippen MR) is 110 cm³/mol. The average Bonchev–Trinajstić information content (AvgIpc) is 3.43. The van der Waals surface area contributed by atoms with Gasteiger partial charge in [0.15, 0.2) is 9.84 Å². The fourth-order valence-corrected chi connectivity index (χ4v) is 6.80. The van der Waals surface area contributed by atoms with E-state index in [-0.39, 0.29) is 11.2 Å². The van der Waals surface area contributed by atoms with Crippen molar-refractivity contribution >= 4 is 9.84 Å². The Balaban J connectivity index is 1.43. The van der Waals surface area contributed by atoms with E-state index < -0.39 is 9.84 Å². The molecule has 0 N–H and O–H groups in total. The molecule has 0 aliphatic carbocycles. The van der Waals surface area contributed by atoms with Crippen molar-refractivity contribution in [2.75, 3.05) is 13.1 Å². The molecule has 8 heteroatoms. The molecular formula is C21H25N5O2S. The quantitative estimate of drug-likeness (QED) is 0.660. The van der Waals surface area contributed by atoms with Gasteiger partial charge >= 0.3 is 0 Å². The Kier molecular flexibility index (Phi) is 4.18. The molecular weight excluding hydrogens is 386 g/mol. The van der Waals surface area contributed by atoms with Gasteiger partial charge in [-0.3, -0.25) is 14.3 Å². The summed E-state index contributed by atoms with van der Waals surface area (Å²) in [4.78, 5) is 2.75. The van der Waals surface area contributed by atoms with Gasteiger partial charge in [0.25, 0.3) is 0 Å². The molecule has 29 heavy (non-hydrogen) atoms. The van der Waals surface area contributed by atoms with Crippen LogP contribution in [-0.4, -0.2) is 51.2 Å². The van der Waals surface area contributed by atoms with E-state index in [2.05, 4.69) is 41.2 Å². The lowest BCUT2D eigenvalue weighted by Gasteiger charge is -2.16. The number of nitrogens with zero attached hydrogens (tertiary/aromatic N) is 5. The Labute approximate surface area is 170 Å². The maximum Gasteiger partial charge on any atom is 0.183 e. The number of likely N-dealkylation sites (tertiary alicyclic amines) is 1. The largest absolute Gasteiger partial charge is 0.297 e. The van der Waals surface area contributed by atoms with Crippen molar-refractivity contribution in [3.63, 3.8) is 0 Å². The average molecular weight is 412 g/mol. The molecule has 2 aliphatic rings. The summed E-state index contributed by atoms with van der Waals surface area (Å²) in [5, 5.41) is 8.28. The van der Waals surface area contributed by atoms with Gasteiger partial charge in [0.2, 0.25) is 0 Å². The first-order valence-electron chi connectivity index (χ1n) is 9.95. The molecule has 2 aliphatic heterocycles. The molecule has 2 atom stereocenters. The first-order valence-corrected chi connectivity index (χ1v) is 11.5. The lowest BCUT2D eigenvalue weighted by molar-refractivity contribution is 0.325. The molecule has 3 aromatic rings. The fraction of sp³-hybridized carbons (Fsp3) is 0.429. The van der Waals surface area contributed by atoms with E-state index in [4.69, 9.17) is 0 Å². The molecule has 1 aromatic carbocycles. The first kappa shape index (κ1) is 18.6. The smallest absolute Gasteiger partial charge is 0.183 e. The summed E-state index contributed by atoms with van der Waals surface area (Å²) in [5.41, 5.74) is 4.11.